The van der Waals surface area contributed by atoms with Crippen molar-refractivity contribution in [2.24, 2.45) is 0 Å². The van der Waals surface area contributed by atoms with Gasteiger partial charge in [0.25, 0.3) is 5.91 Å². The van der Waals surface area contributed by atoms with Gasteiger partial charge in [0.15, 0.2) is 0 Å². The first-order valence-electron chi connectivity index (χ1n) is 6.51. The number of carboxylic acid groups (broad SMARTS) is 1. The molecule has 0 radical (unpaired) electrons. The molecule has 1 amide bonds. The minimum Gasteiger partial charge on any atom is -0.492 e. The van der Waals surface area contributed by atoms with E-state index < -0.39 is 11.9 Å². The first-order valence-corrected chi connectivity index (χ1v) is 6.89. The monoisotopic (exact) mass is 311 g/mol. The summed E-state index contributed by atoms with van der Waals surface area (Å²) in [5.41, 5.74) is 0.623. The lowest BCUT2D eigenvalue weighted by atomic mass is 10.1. The number of aliphatic carboxylic acids is 1. The highest BCUT2D eigenvalue weighted by Crippen LogP contribution is 2.28. The van der Waals surface area contributed by atoms with E-state index in [-0.39, 0.29) is 11.1 Å². The summed E-state index contributed by atoms with van der Waals surface area (Å²) in [5, 5.41) is 11.8. The van der Waals surface area contributed by atoms with E-state index in [9.17, 15) is 9.59 Å². The molecule has 1 rings (SSSR count). The van der Waals surface area contributed by atoms with Gasteiger partial charge in [-0.25, -0.2) is 4.79 Å². The number of hydrogen-bond acceptors (Lipinski definition) is 3. The minimum atomic E-state index is -1.12. The molecule has 1 aromatic rings. The summed E-state index contributed by atoms with van der Waals surface area (Å²) in [6, 6.07) is 4.88. The quantitative estimate of drug-likeness (QED) is 0.789. The van der Waals surface area contributed by atoms with Gasteiger partial charge in [-0.1, -0.05) is 18.5 Å². The fourth-order valence-electron chi connectivity index (χ4n) is 1.46. The van der Waals surface area contributed by atoms with E-state index in [1.54, 1.807) is 18.2 Å². The summed E-state index contributed by atoms with van der Waals surface area (Å²) in [6.07, 6.45) is 0.868. The van der Waals surface area contributed by atoms with Crippen molar-refractivity contribution < 1.29 is 19.4 Å². The molecule has 0 bridgehead atoms. The maximum Gasteiger partial charge on any atom is 0.331 e. The highest BCUT2D eigenvalue weighted by atomic mass is 35.5. The molecule has 2 N–H and O–H groups in total. The van der Waals surface area contributed by atoms with Crippen LogP contribution in [0.1, 0.15) is 27.2 Å². The third-order valence-corrected chi connectivity index (χ3v) is 3.17. The normalized spacial score (nSPS) is 11.6. The van der Waals surface area contributed by atoms with Crippen molar-refractivity contribution in [3.05, 3.63) is 34.4 Å². The Balaban J connectivity index is 2.85. The van der Waals surface area contributed by atoms with Crippen LogP contribution in [0.5, 0.6) is 5.75 Å². The van der Waals surface area contributed by atoms with Crippen LogP contribution in [0.2, 0.25) is 5.02 Å². The van der Waals surface area contributed by atoms with Crippen LogP contribution in [-0.4, -0.2) is 23.6 Å². The summed E-state index contributed by atoms with van der Waals surface area (Å²) in [6.45, 7) is 5.39. The first kappa shape index (κ1) is 17.0. The molecule has 1 aromatic carbocycles. The molecule has 0 aromatic heterocycles. The molecule has 0 heterocycles. The molecule has 5 nitrogen and oxygen atoms in total. The van der Waals surface area contributed by atoms with Crippen molar-refractivity contribution in [2.75, 3.05) is 11.9 Å². The van der Waals surface area contributed by atoms with Crippen molar-refractivity contribution in [1.29, 1.82) is 0 Å². The van der Waals surface area contributed by atoms with Crippen LogP contribution in [0.25, 0.3) is 0 Å². The Kier molecular flexibility index (Phi) is 6.24. The number of anilines is 1. The van der Waals surface area contributed by atoms with E-state index in [2.05, 4.69) is 5.32 Å². The van der Waals surface area contributed by atoms with Gasteiger partial charge in [-0.05, 0) is 38.5 Å². The molecule has 0 aliphatic carbocycles. The molecule has 0 unspecified atom stereocenters. The average Bonchev–Trinajstić information content (AvgIpc) is 2.44. The Hall–Kier alpha value is -2.01. The van der Waals surface area contributed by atoms with Gasteiger partial charge in [-0.3, -0.25) is 4.79 Å². The van der Waals surface area contributed by atoms with Crippen LogP contribution in [0, 0.1) is 0 Å². The second kappa shape index (κ2) is 7.69. The third-order valence-electron chi connectivity index (χ3n) is 2.88. The summed E-state index contributed by atoms with van der Waals surface area (Å²) in [7, 11) is 0. The van der Waals surface area contributed by atoms with Crippen molar-refractivity contribution in [3.8, 4) is 5.75 Å². The third kappa shape index (κ3) is 4.79. The van der Waals surface area contributed by atoms with Crippen LogP contribution in [0.4, 0.5) is 5.69 Å². The zero-order valence-electron chi connectivity index (χ0n) is 12.2. The predicted octanol–water partition coefficient (Wildman–Crippen LogP) is 3.49. The van der Waals surface area contributed by atoms with Gasteiger partial charge in [-0.15, -0.1) is 0 Å². The number of amides is 1. The van der Waals surface area contributed by atoms with Crippen LogP contribution >= 0.6 is 11.6 Å². The summed E-state index contributed by atoms with van der Waals surface area (Å²) in [5.74, 6) is -1.05. The van der Waals surface area contributed by atoms with Crippen LogP contribution in [0.3, 0.4) is 0 Å². The standard InChI is InChI=1S/C15H18ClNO4/c1-4-7-21-13-6-5-11(8-12(13)16)17-14(18)9(2)10(3)15(19)20/h5-6,8H,4,7H2,1-3H3,(H,17,18)(H,19,20). The summed E-state index contributed by atoms with van der Waals surface area (Å²) < 4.78 is 5.43. The van der Waals surface area contributed by atoms with Gasteiger partial charge in [0.2, 0.25) is 0 Å². The lowest BCUT2D eigenvalue weighted by Gasteiger charge is -2.10. The number of rotatable bonds is 6. The number of carboxylic acids is 1. The maximum atomic E-state index is 11.9. The molecule has 0 saturated carbocycles. The van der Waals surface area contributed by atoms with Gasteiger partial charge in [-0.2, -0.15) is 0 Å². The Labute approximate surface area is 128 Å². The predicted molar refractivity (Wildman–Crippen MR) is 81.9 cm³/mol. The van der Waals surface area contributed by atoms with Crippen LogP contribution in [0.15, 0.2) is 29.3 Å². The number of nitrogens with one attached hydrogen (secondary N) is 1. The highest BCUT2D eigenvalue weighted by molar-refractivity contribution is 6.32. The summed E-state index contributed by atoms with van der Waals surface area (Å²) >= 11 is 6.06. The zero-order valence-corrected chi connectivity index (χ0v) is 13.0. The van der Waals surface area contributed by atoms with Crippen molar-refractivity contribution in [2.45, 2.75) is 27.2 Å². The Morgan fingerprint density at radius 2 is 1.95 bits per heavy atom. The van der Waals surface area contributed by atoms with E-state index in [1.165, 1.54) is 13.8 Å². The van der Waals surface area contributed by atoms with Crippen LogP contribution < -0.4 is 10.1 Å². The van der Waals surface area contributed by atoms with Gasteiger partial charge in [0, 0.05) is 16.8 Å². The molecule has 0 spiro atoms. The lowest BCUT2D eigenvalue weighted by molar-refractivity contribution is -0.133. The van der Waals surface area contributed by atoms with E-state index in [1.807, 2.05) is 6.92 Å². The Morgan fingerprint density at radius 3 is 2.48 bits per heavy atom. The van der Waals surface area contributed by atoms with Crippen molar-refractivity contribution in [1.82, 2.24) is 0 Å². The molecule has 114 valence electrons. The molecular formula is C15H18ClNO4. The minimum absolute atomic E-state index is 0.00139. The average molecular weight is 312 g/mol. The largest absolute Gasteiger partial charge is 0.492 e. The van der Waals surface area contributed by atoms with Crippen LogP contribution in [-0.2, 0) is 9.59 Å². The number of carbonyl (C=O) groups is 2. The topological polar surface area (TPSA) is 75.6 Å². The first-order chi connectivity index (χ1) is 9.86. The Bertz CT molecular complexity index is 581. The number of carbonyl (C=O) groups excluding carboxylic acids is 1. The second-order valence-corrected chi connectivity index (χ2v) is 4.91. The molecule has 0 aliphatic rings. The molecule has 6 heteroatoms. The zero-order chi connectivity index (χ0) is 16.0. The number of ether oxygens (including phenoxy) is 1. The van der Waals surface area contributed by atoms with Gasteiger partial charge >= 0.3 is 5.97 Å². The van der Waals surface area contributed by atoms with Gasteiger partial charge < -0.3 is 15.2 Å². The lowest BCUT2D eigenvalue weighted by Crippen LogP contribution is -2.16. The van der Waals surface area contributed by atoms with E-state index in [0.29, 0.717) is 23.1 Å². The molecule has 0 aliphatic heterocycles. The van der Waals surface area contributed by atoms with Crippen molar-refractivity contribution in [3.63, 3.8) is 0 Å². The summed E-state index contributed by atoms with van der Waals surface area (Å²) in [4.78, 5) is 22.7. The molecule has 0 saturated heterocycles. The Morgan fingerprint density at radius 1 is 1.29 bits per heavy atom. The maximum absolute atomic E-state index is 11.9. The molecular weight excluding hydrogens is 294 g/mol. The number of halogens is 1. The SMILES string of the molecule is CCCOc1ccc(NC(=O)C(C)=C(C)C(=O)O)cc1Cl. The number of benzene rings is 1. The molecule has 21 heavy (non-hydrogen) atoms. The fourth-order valence-corrected chi connectivity index (χ4v) is 1.70. The number of hydrogen-bond donors (Lipinski definition) is 2. The van der Waals surface area contributed by atoms with Crippen molar-refractivity contribution >= 4 is 29.2 Å². The molecule has 0 atom stereocenters. The molecule has 0 fully saturated rings. The van der Waals surface area contributed by atoms with Gasteiger partial charge in [0.1, 0.15) is 5.75 Å². The van der Waals surface area contributed by atoms with E-state index in [0.717, 1.165) is 6.42 Å². The van der Waals surface area contributed by atoms with E-state index in [4.69, 9.17) is 21.4 Å². The second-order valence-electron chi connectivity index (χ2n) is 4.50. The smallest absolute Gasteiger partial charge is 0.331 e. The van der Waals surface area contributed by atoms with Gasteiger partial charge in [0.05, 0.1) is 11.6 Å². The highest BCUT2D eigenvalue weighted by Gasteiger charge is 2.13. The fraction of sp³-hybridized carbons (Fsp3) is 0.333. The van der Waals surface area contributed by atoms with E-state index >= 15 is 0 Å².